The lowest BCUT2D eigenvalue weighted by atomic mass is 9.95. The Morgan fingerprint density at radius 1 is 1.00 bits per heavy atom. The molecule has 0 spiro atoms. The third-order valence-corrected chi connectivity index (χ3v) is 3.21. The van der Waals surface area contributed by atoms with E-state index < -0.39 is 30.7 Å². The summed E-state index contributed by atoms with van der Waals surface area (Å²) in [5.74, 6) is 0. The van der Waals surface area contributed by atoms with E-state index in [1.165, 1.54) is 5.06 Å². The molecule has 0 aliphatic carbocycles. The van der Waals surface area contributed by atoms with Crippen molar-refractivity contribution in [1.29, 1.82) is 0 Å². The Balaban J connectivity index is 2.29. The molecule has 1 unspecified atom stereocenters. The molecule has 1 saturated heterocycles. The van der Waals surface area contributed by atoms with Gasteiger partial charge in [-0.25, -0.2) is 0 Å². The average Bonchev–Trinajstić information content (AvgIpc) is 2.37. The SMILES string of the molecule is CCN(O)CCCC[C@H]1OC(O)[C@H](O)[C@@H](O)[C@@H]1O. The molecule has 5 atom stereocenters. The van der Waals surface area contributed by atoms with E-state index in [4.69, 9.17) is 4.74 Å². The van der Waals surface area contributed by atoms with Crippen LogP contribution in [0.4, 0.5) is 0 Å². The fourth-order valence-corrected chi connectivity index (χ4v) is 1.97. The molecule has 1 heterocycles. The second kappa shape index (κ2) is 7.34. The molecule has 1 aliphatic heterocycles. The van der Waals surface area contributed by atoms with Gasteiger partial charge in [0.25, 0.3) is 0 Å². The first kappa shape index (κ1) is 15.8. The predicted molar refractivity (Wildman–Crippen MR) is 61.8 cm³/mol. The third kappa shape index (κ3) is 4.13. The first-order chi connectivity index (χ1) is 8.47. The van der Waals surface area contributed by atoms with Crippen LogP contribution in [0.5, 0.6) is 0 Å². The van der Waals surface area contributed by atoms with E-state index >= 15 is 0 Å². The minimum absolute atomic E-state index is 0.444. The summed E-state index contributed by atoms with van der Waals surface area (Å²) in [4.78, 5) is 0. The molecule has 7 nitrogen and oxygen atoms in total. The van der Waals surface area contributed by atoms with Crippen LogP contribution >= 0.6 is 0 Å². The molecule has 0 saturated carbocycles. The lowest BCUT2D eigenvalue weighted by Gasteiger charge is -2.38. The highest BCUT2D eigenvalue weighted by molar-refractivity contribution is 4.88. The number of nitrogens with zero attached hydrogens (tertiary/aromatic N) is 1. The zero-order valence-electron chi connectivity index (χ0n) is 10.5. The lowest BCUT2D eigenvalue weighted by Crippen LogP contribution is -2.57. The van der Waals surface area contributed by atoms with Crippen LogP contribution in [0.15, 0.2) is 0 Å². The van der Waals surface area contributed by atoms with Crippen molar-refractivity contribution in [1.82, 2.24) is 5.06 Å². The van der Waals surface area contributed by atoms with Crippen molar-refractivity contribution in [3.63, 3.8) is 0 Å². The van der Waals surface area contributed by atoms with Crippen LogP contribution in [0.3, 0.4) is 0 Å². The van der Waals surface area contributed by atoms with E-state index in [9.17, 15) is 25.6 Å². The molecule has 108 valence electrons. The highest BCUT2D eigenvalue weighted by Gasteiger charge is 2.42. The second-order valence-electron chi connectivity index (χ2n) is 4.58. The van der Waals surface area contributed by atoms with E-state index in [1.54, 1.807) is 0 Å². The Kier molecular flexibility index (Phi) is 6.44. The molecule has 7 heteroatoms. The first-order valence-electron chi connectivity index (χ1n) is 6.29. The molecule has 0 aromatic carbocycles. The normalized spacial score (nSPS) is 37.2. The van der Waals surface area contributed by atoms with E-state index in [0.29, 0.717) is 32.4 Å². The highest BCUT2D eigenvalue weighted by atomic mass is 16.6. The van der Waals surface area contributed by atoms with Gasteiger partial charge in [-0.15, -0.1) is 0 Å². The fourth-order valence-electron chi connectivity index (χ4n) is 1.97. The number of hydroxylamine groups is 2. The molecule has 5 N–H and O–H groups in total. The zero-order chi connectivity index (χ0) is 13.7. The number of hydrogen-bond acceptors (Lipinski definition) is 7. The third-order valence-electron chi connectivity index (χ3n) is 3.21. The topological polar surface area (TPSA) is 114 Å². The number of rotatable bonds is 6. The van der Waals surface area contributed by atoms with Gasteiger partial charge in [0.1, 0.15) is 18.3 Å². The summed E-state index contributed by atoms with van der Waals surface area (Å²) >= 11 is 0. The van der Waals surface area contributed by atoms with Gasteiger partial charge in [0.15, 0.2) is 6.29 Å². The van der Waals surface area contributed by atoms with Crippen LogP contribution in [0, 0.1) is 0 Å². The number of ether oxygens (including phenoxy) is 1. The van der Waals surface area contributed by atoms with E-state index in [0.717, 1.165) is 0 Å². The summed E-state index contributed by atoms with van der Waals surface area (Å²) in [6, 6.07) is 0. The molecule has 0 aromatic rings. The van der Waals surface area contributed by atoms with Crippen molar-refractivity contribution >= 4 is 0 Å². The minimum Gasteiger partial charge on any atom is -0.388 e. The van der Waals surface area contributed by atoms with Crippen molar-refractivity contribution in [2.75, 3.05) is 13.1 Å². The average molecular weight is 265 g/mol. The van der Waals surface area contributed by atoms with E-state index in [-0.39, 0.29) is 0 Å². The van der Waals surface area contributed by atoms with Crippen molar-refractivity contribution in [3.8, 4) is 0 Å². The maximum absolute atomic E-state index is 9.67. The molecule has 18 heavy (non-hydrogen) atoms. The standard InChI is InChI=1S/C11H23NO6/c1-2-12(17)6-4-3-5-7-8(13)9(14)10(15)11(16)18-7/h7-11,13-17H,2-6H2,1H3/t7-,8-,9+,10-,11?/m1/s1. The molecule has 0 amide bonds. The van der Waals surface area contributed by atoms with Crippen molar-refractivity contribution < 1.29 is 30.4 Å². The summed E-state index contributed by atoms with van der Waals surface area (Å²) < 4.78 is 5.03. The molecule has 0 aromatic heterocycles. The number of hydrogen-bond donors (Lipinski definition) is 5. The van der Waals surface area contributed by atoms with Crippen LogP contribution in [0.1, 0.15) is 26.2 Å². The van der Waals surface area contributed by atoms with E-state index in [2.05, 4.69) is 0 Å². The molecule has 1 fully saturated rings. The second-order valence-corrected chi connectivity index (χ2v) is 4.58. The first-order valence-corrected chi connectivity index (χ1v) is 6.29. The van der Waals surface area contributed by atoms with Crippen LogP contribution in [0.25, 0.3) is 0 Å². The van der Waals surface area contributed by atoms with Crippen LogP contribution in [-0.4, -0.2) is 74.5 Å². The highest BCUT2D eigenvalue weighted by Crippen LogP contribution is 2.23. The molecule has 0 bridgehead atoms. The molecule has 1 aliphatic rings. The van der Waals surface area contributed by atoms with Crippen molar-refractivity contribution in [2.24, 2.45) is 0 Å². The molecule has 1 rings (SSSR count). The summed E-state index contributed by atoms with van der Waals surface area (Å²) in [7, 11) is 0. The van der Waals surface area contributed by atoms with Gasteiger partial charge in [-0.05, 0) is 19.3 Å². The maximum atomic E-state index is 9.67. The Morgan fingerprint density at radius 3 is 2.28 bits per heavy atom. The predicted octanol–water partition coefficient (Wildman–Crippen LogP) is -1.33. The van der Waals surface area contributed by atoms with Crippen LogP contribution in [-0.2, 0) is 4.74 Å². The van der Waals surface area contributed by atoms with Crippen LogP contribution in [0.2, 0.25) is 0 Å². The fraction of sp³-hybridized carbons (Fsp3) is 1.00. The zero-order valence-corrected chi connectivity index (χ0v) is 10.5. The summed E-state index contributed by atoms with van der Waals surface area (Å²) in [5, 5.41) is 48.2. The minimum atomic E-state index is -1.48. The van der Waals surface area contributed by atoms with Gasteiger partial charge < -0.3 is 30.4 Å². The van der Waals surface area contributed by atoms with Crippen LogP contribution < -0.4 is 0 Å². The summed E-state index contributed by atoms with van der Waals surface area (Å²) in [5.41, 5.74) is 0. The van der Waals surface area contributed by atoms with Gasteiger partial charge in [0.05, 0.1) is 6.10 Å². The number of aliphatic hydroxyl groups is 4. The Hall–Kier alpha value is -0.280. The molecule has 0 radical (unpaired) electrons. The van der Waals surface area contributed by atoms with Gasteiger partial charge in [0, 0.05) is 13.1 Å². The van der Waals surface area contributed by atoms with Gasteiger partial charge in [0.2, 0.25) is 0 Å². The molecular weight excluding hydrogens is 242 g/mol. The van der Waals surface area contributed by atoms with Crippen molar-refractivity contribution in [2.45, 2.75) is 56.9 Å². The number of unbranched alkanes of at least 4 members (excludes halogenated alkanes) is 1. The summed E-state index contributed by atoms with van der Waals surface area (Å²) in [6.45, 7) is 2.90. The van der Waals surface area contributed by atoms with Gasteiger partial charge in [-0.2, -0.15) is 5.06 Å². The molecular formula is C11H23NO6. The Morgan fingerprint density at radius 2 is 1.67 bits per heavy atom. The van der Waals surface area contributed by atoms with Crippen molar-refractivity contribution in [3.05, 3.63) is 0 Å². The Labute approximate surface area is 106 Å². The Bertz CT molecular complexity index is 242. The smallest absolute Gasteiger partial charge is 0.183 e. The van der Waals surface area contributed by atoms with Gasteiger partial charge in [-0.3, -0.25) is 0 Å². The lowest BCUT2D eigenvalue weighted by molar-refractivity contribution is -0.282. The largest absolute Gasteiger partial charge is 0.388 e. The summed E-state index contributed by atoms with van der Waals surface area (Å²) in [6.07, 6.45) is -4.43. The van der Waals surface area contributed by atoms with Gasteiger partial charge >= 0.3 is 0 Å². The van der Waals surface area contributed by atoms with Gasteiger partial charge in [-0.1, -0.05) is 6.92 Å². The number of aliphatic hydroxyl groups excluding tert-OH is 4. The quantitative estimate of drug-likeness (QED) is 0.298. The van der Waals surface area contributed by atoms with E-state index in [1.807, 2.05) is 6.92 Å². The maximum Gasteiger partial charge on any atom is 0.183 e. The monoisotopic (exact) mass is 265 g/mol.